The van der Waals surface area contributed by atoms with Crippen molar-refractivity contribution in [3.8, 4) is 0 Å². The van der Waals surface area contributed by atoms with Crippen molar-refractivity contribution < 1.29 is 19.1 Å². The number of hydrogen-bond donors (Lipinski definition) is 2. The molecule has 0 aliphatic rings. The molecule has 0 amide bonds. The van der Waals surface area contributed by atoms with Crippen LogP contribution in [0.15, 0.2) is 0 Å². The summed E-state index contributed by atoms with van der Waals surface area (Å²) < 4.78 is 8.62. The second-order valence-corrected chi connectivity index (χ2v) is 8.09. The van der Waals surface area contributed by atoms with Crippen molar-refractivity contribution in [3.63, 3.8) is 0 Å². The number of hydrogen-bond acceptors (Lipinski definition) is 6. The zero-order valence-corrected chi connectivity index (χ0v) is 14.7. The molecular formula is C14H26O4S2. The zero-order valence-electron chi connectivity index (χ0n) is 12.9. The summed E-state index contributed by atoms with van der Waals surface area (Å²) in [6.45, 7) is 8.59. The molecular weight excluding hydrogens is 296 g/mol. The van der Waals surface area contributed by atoms with Crippen molar-refractivity contribution in [2.75, 3.05) is 0 Å². The van der Waals surface area contributed by atoms with E-state index in [1.165, 1.54) is 0 Å². The van der Waals surface area contributed by atoms with Crippen LogP contribution in [0.2, 0.25) is 0 Å². The summed E-state index contributed by atoms with van der Waals surface area (Å²) in [7, 11) is 0. The Morgan fingerprint density at radius 2 is 1.35 bits per heavy atom. The number of ether oxygens (including phenoxy) is 2. The first-order valence-corrected chi connectivity index (χ1v) is 7.74. The number of esters is 2. The SMILES string of the molecule is CCCCCC(OC(=O)C(C)(C)S)OC(=O)C(C)(C)S. The molecule has 0 saturated carbocycles. The van der Waals surface area contributed by atoms with E-state index in [4.69, 9.17) is 9.47 Å². The summed E-state index contributed by atoms with van der Waals surface area (Å²) in [5, 5.41) is 0. The Labute approximate surface area is 132 Å². The minimum atomic E-state index is -0.925. The Kier molecular flexibility index (Phi) is 8.03. The minimum absolute atomic E-state index is 0.485. The van der Waals surface area contributed by atoms with E-state index in [1.807, 2.05) is 0 Å². The van der Waals surface area contributed by atoms with E-state index in [0.29, 0.717) is 6.42 Å². The monoisotopic (exact) mass is 322 g/mol. The normalized spacial score (nSPS) is 12.4. The molecule has 0 aromatic carbocycles. The number of thiol groups is 2. The van der Waals surface area contributed by atoms with E-state index < -0.39 is 27.7 Å². The van der Waals surface area contributed by atoms with Crippen LogP contribution in [-0.4, -0.2) is 27.7 Å². The molecule has 0 aromatic rings. The quantitative estimate of drug-likeness (QED) is 0.311. The zero-order chi connectivity index (χ0) is 16.0. The van der Waals surface area contributed by atoms with Gasteiger partial charge in [0.2, 0.25) is 6.29 Å². The van der Waals surface area contributed by atoms with Gasteiger partial charge in [0.15, 0.2) is 0 Å². The van der Waals surface area contributed by atoms with E-state index in [1.54, 1.807) is 27.7 Å². The van der Waals surface area contributed by atoms with Gasteiger partial charge in [-0.3, -0.25) is 9.59 Å². The predicted molar refractivity (Wildman–Crippen MR) is 86.2 cm³/mol. The van der Waals surface area contributed by atoms with Crippen LogP contribution in [0.3, 0.4) is 0 Å². The third-order valence-electron chi connectivity index (χ3n) is 2.52. The molecule has 0 radical (unpaired) electrons. The molecule has 118 valence electrons. The molecule has 0 unspecified atom stereocenters. The van der Waals surface area contributed by atoms with Crippen LogP contribution in [0.4, 0.5) is 0 Å². The molecule has 0 rings (SSSR count). The standard InChI is InChI=1S/C14H26O4S2/c1-6-7-8-9-10(17-11(15)13(2,3)19)18-12(16)14(4,5)20/h10,19-20H,6-9H2,1-5H3. The first-order chi connectivity index (χ1) is 8.98. The predicted octanol–water partition coefficient (Wildman–Crippen LogP) is 3.40. The number of rotatable bonds is 8. The lowest BCUT2D eigenvalue weighted by Gasteiger charge is -2.25. The fraction of sp³-hybridized carbons (Fsp3) is 0.857. The van der Waals surface area contributed by atoms with E-state index >= 15 is 0 Å². The number of carbonyl (C=O) groups excluding carboxylic acids is 2. The van der Waals surface area contributed by atoms with Gasteiger partial charge in [-0.15, -0.1) is 0 Å². The molecule has 4 nitrogen and oxygen atoms in total. The molecule has 0 fully saturated rings. The van der Waals surface area contributed by atoms with Gasteiger partial charge in [-0.1, -0.05) is 19.8 Å². The molecule has 20 heavy (non-hydrogen) atoms. The summed E-state index contributed by atoms with van der Waals surface area (Å²) >= 11 is 8.30. The topological polar surface area (TPSA) is 52.6 Å². The lowest BCUT2D eigenvalue weighted by molar-refractivity contribution is -0.191. The van der Waals surface area contributed by atoms with Crippen molar-refractivity contribution in [1.29, 1.82) is 0 Å². The molecule has 0 heterocycles. The maximum Gasteiger partial charge on any atom is 0.324 e. The van der Waals surface area contributed by atoms with Crippen LogP contribution in [0.5, 0.6) is 0 Å². The molecule has 0 spiro atoms. The van der Waals surface area contributed by atoms with Gasteiger partial charge in [-0.25, -0.2) is 0 Å². The van der Waals surface area contributed by atoms with Gasteiger partial charge in [0.05, 0.1) is 0 Å². The highest BCUT2D eigenvalue weighted by molar-refractivity contribution is 7.82. The van der Waals surface area contributed by atoms with Crippen LogP contribution in [-0.2, 0) is 19.1 Å². The van der Waals surface area contributed by atoms with Crippen LogP contribution in [0, 0.1) is 0 Å². The van der Waals surface area contributed by atoms with Gasteiger partial charge >= 0.3 is 11.9 Å². The first kappa shape index (κ1) is 19.6. The molecule has 0 N–H and O–H groups in total. The smallest absolute Gasteiger partial charge is 0.324 e. The summed E-state index contributed by atoms with van der Waals surface area (Å²) in [6, 6.07) is 0. The second kappa shape index (κ2) is 8.17. The van der Waals surface area contributed by atoms with E-state index in [2.05, 4.69) is 32.2 Å². The average Bonchev–Trinajstić information content (AvgIpc) is 2.26. The van der Waals surface area contributed by atoms with E-state index in [-0.39, 0.29) is 0 Å². The number of carbonyl (C=O) groups is 2. The van der Waals surface area contributed by atoms with Gasteiger partial charge in [0, 0.05) is 6.42 Å². The largest absolute Gasteiger partial charge is 0.424 e. The average molecular weight is 322 g/mol. The highest BCUT2D eigenvalue weighted by atomic mass is 32.1. The maximum atomic E-state index is 11.8. The van der Waals surface area contributed by atoms with Crippen molar-refractivity contribution in [2.45, 2.75) is 76.1 Å². The molecule has 0 aliphatic carbocycles. The lowest BCUT2D eigenvalue weighted by Crippen LogP contribution is -2.37. The summed E-state index contributed by atoms with van der Waals surface area (Å²) in [5.74, 6) is -1.01. The Morgan fingerprint density at radius 3 is 1.65 bits per heavy atom. The first-order valence-electron chi connectivity index (χ1n) is 6.85. The van der Waals surface area contributed by atoms with Gasteiger partial charge < -0.3 is 9.47 Å². The van der Waals surface area contributed by atoms with Crippen LogP contribution >= 0.6 is 25.3 Å². The Balaban J connectivity index is 4.65. The van der Waals surface area contributed by atoms with E-state index in [9.17, 15) is 9.59 Å². The van der Waals surface area contributed by atoms with Crippen molar-refractivity contribution in [1.82, 2.24) is 0 Å². The third kappa shape index (κ3) is 8.04. The highest BCUT2D eigenvalue weighted by Crippen LogP contribution is 2.21. The van der Waals surface area contributed by atoms with Gasteiger partial charge in [0.25, 0.3) is 0 Å². The molecule has 0 saturated heterocycles. The van der Waals surface area contributed by atoms with Crippen molar-refractivity contribution in [3.05, 3.63) is 0 Å². The van der Waals surface area contributed by atoms with Crippen LogP contribution < -0.4 is 0 Å². The van der Waals surface area contributed by atoms with E-state index in [0.717, 1.165) is 19.3 Å². The molecule has 0 aliphatic heterocycles. The molecule has 0 bridgehead atoms. The lowest BCUT2D eigenvalue weighted by atomic mass is 10.2. The van der Waals surface area contributed by atoms with Crippen molar-refractivity contribution >= 4 is 37.2 Å². The highest BCUT2D eigenvalue weighted by Gasteiger charge is 2.32. The molecule has 0 atom stereocenters. The second-order valence-electron chi connectivity index (χ2n) is 5.85. The molecule has 0 aromatic heterocycles. The summed E-state index contributed by atoms with van der Waals surface area (Å²) in [6.07, 6.45) is 2.45. The van der Waals surface area contributed by atoms with Gasteiger partial charge in [0.1, 0.15) is 9.49 Å². The minimum Gasteiger partial charge on any atom is -0.424 e. The fourth-order valence-corrected chi connectivity index (χ4v) is 1.34. The third-order valence-corrected chi connectivity index (χ3v) is 2.88. The summed E-state index contributed by atoms with van der Waals surface area (Å²) in [4.78, 5) is 23.7. The Morgan fingerprint density at radius 1 is 0.950 bits per heavy atom. The van der Waals surface area contributed by atoms with Crippen LogP contribution in [0.1, 0.15) is 60.3 Å². The van der Waals surface area contributed by atoms with Gasteiger partial charge in [-0.2, -0.15) is 25.3 Å². The number of unbranched alkanes of at least 4 members (excludes halogenated alkanes) is 2. The van der Waals surface area contributed by atoms with Crippen LogP contribution in [0.25, 0.3) is 0 Å². The summed E-state index contributed by atoms with van der Waals surface area (Å²) in [5.41, 5.74) is 0. The van der Waals surface area contributed by atoms with Gasteiger partial charge in [-0.05, 0) is 34.1 Å². The Hall–Kier alpha value is -0.360. The maximum absolute atomic E-state index is 11.8. The molecule has 6 heteroatoms. The Bertz CT molecular complexity index is 301. The fourth-order valence-electron chi connectivity index (χ4n) is 1.23. The van der Waals surface area contributed by atoms with Crippen molar-refractivity contribution in [2.24, 2.45) is 0 Å².